The SMILES string of the molecule is CC(C)(C)[Si](C)(C)Oc1c(N)cccc1-c1ccccc1. The summed E-state index contributed by atoms with van der Waals surface area (Å²) in [5.41, 5.74) is 9.12. The fourth-order valence-electron chi connectivity index (χ4n) is 1.92. The summed E-state index contributed by atoms with van der Waals surface area (Å²) in [6, 6.07) is 16.2. The molecule has 0 atom stereocenters. The van der Waals surface area contributed by atoms with Crippen LogP contribution in [0.2, 0.25) is 18.1 Å². The van der Waals surface area contributed by atoms with Crippen LogP contribution in [0, 0.1) is 0 Å². The van der Waals surface area contributed by atoms with E-state index in [0.29, 0.717) is 5.69 Å². The number of nitrogens with two attached hydrogens (primary N) is 1. The highest BCUT2D eigenvalue weighted by Crippen LogP contribution is 2.42. The Balaban J connectivity index is 2.50. The monoisotopic (exact) mass is 299 g/mol. The van der Waals surface area contributed by atoms with Crippen molar-refractivity contribution in [1.29, 1.82) is 0 Å². The summed E-state index contributed by atoms with van der Waals surface area (Å²) in [5, 5.41) is 0.142. The lowest BCUT2D eigenvalue weighted by Gasteiger charge is -2.37. The second kappa shape index (κ2) is 5.56. The number of hydrogen-bond donors (Lipinski definition) is 1. The Kier molecular flexibility index (Phi) is 4.15. The lowest BCUT2D eigenvalue weighted by molar-refractivity contribution is 0.495. The average Bonchev–Trinajstić information content (AvgIpc) is 2.40. The van der Waals surface area contributed by atoms with E-state index in [1.807, 2.05) is 30.3 Å². The standard InChI is InChI=1S/C18H25NOSi/c1-18(2,3)21(4,5)20-17-15(12-9-13-16(17)19)14-10-7-6-8-11-14/h6-13H,19H2,1-5H3. The van der Waals surface area contributed by atoms with Crippen LogP contribution in [0.5, 0.6) is 5.75 Å². The summed E-state index contributed by atoms with van der Waals surface area (Å²) >= 11 is 0. The molecule has 0 radical (unpaired) electrons. The van der Waals surface area contributed by atoms with Gasteiger partial charge in [-0.2, -0.15) is 0 Å². The molecule has 0 aromatic heterocycles. The maximum absolute atomic E-state index is 6.50. The predicted octanol–water partition coefficient (Wildman–Crippen LogP) is 5.32. The fourth-order valence-corrected chi connectivity index (χ4v) is 2.97. The van der Waals surface area contributed by atoms with E-state index in [9.17, 15) is 0 Å². The third kappa shape index (κ3) is 3.30. The molecule has 0 unspecified atom stereocenters. The van der Waals surface area contributed by atoms with Crippen molar-refractivity contribution in [1.82, 2.24) is 0 Å². The number of nitrogen functional groups attached to an aromatic ring is 1. The highest BCUT2D eigenvalue weighted by Gasteiger charge is 2.39. The molecule has 2 rings (SSSR count). The molecule has 2 aromatic carbocycles. The molecule has 0 bridgehead atoms. The molecule has 0 spiro atoms. The van der Waals surface area contributed by atoms with Gasteiger partial charge in [-0.25, -0.2) is 0 Å². The molecular formula is C18H25NOSi. The van der Waals surface area contributed by atoms with Gasteiger partial charge >= 0.3 is 0 Å². The van der Waals surface area contributed by atoms with Gasteiger partial charge in [0, 0.05) is 5.56 Å². The molecule has 0 aliphatic carbocycles. The highest BCUT2D eigenvalue weighted by molar-refractivity contribution is 6.74. The number of anilines is 1. The van der Waals surface area contributed by atoms with Gasteiger partial charge in [-0.15, -0.1) is 0 Å². The molecule has 0 saturated heterocycles. The van der Waals surface area contributed by atoms with Crippen molar-refractivity contribution in [3.8, 4) is 16.9 Å². The van der Waals surface area contributed by atoms with Crippen molar-refractivity contribution >= 4 is 14.0 Å². The minimum Gasteiger partial charge on any atom is -0.542 e. The van der Waals surface area contributed by atoms with Crippen molar-refractivity contribution in [3.63, 3.8) is 0 Å². The van der Waals surface area contributed by atoms with Crippen molar-refractivity contribution in [2.24, 2.45) is 0 Å². The molecule has 112 valence electrons. The smallest absolute Gasteiger partial charge is 0.250 e. The molecule has 3 heteroatoms. The third-order valence-electron chi connectivity index (χ3n) is 4.29. The lowest BCUT2D eigenvalue weighted by Crippen LogP contribution is -2.44. The minimum atomic E-state index is -1.92. The first kappa shape index (κ1) is 15.6. The van der Waals surface area contributed by atoms with Crippen LogP contribution < -0.4 is 10.2 Å². The summed E-state index contributed by atoms with van der Waals surface area (Å²) in [4.78, 5) is 0. The summed E-state index contributed by atoms with van der Waals surface area (Å²) < 4.78 is 6.50. The quantitative estimate of drug-likeness (QED) is 0.615. The van der Waals surface area contributed by atoms with Crippen LogP contribution in [0.25, 0.3) is 11.1 Å². The molecular weight excluding hydrogens is 274 g/mol. The summed E-state index contributed by atoms with van der Waals surface area (Å²) in [7, 11) is -1.92. The number of benzene rings is 2. The van der Waals surface area contributed by atoms with Crippen LogP contribution in [-0.2, 0) is 0 Å². The first-order valence-electron chi connectivity index (χ1n) is 7.35. The van der Waals surface area contributed by atoms with E-state index in [1.54, 1.807) is 0 Å². The van der Waals surface area contributed by atoms with Crippen LogP contribution in [0.1, 0.15) is 20.8 Å². The van der Waals surface area contributed by atoms with Gasteiger partial charge in [0.15, 0.2) is 0 Å². The van der Waals surface area contributed by atoms with Crippen molar-refractivity contribution in [2.45, 2.75) is 38.9 Å². The maximum Gasteiger partial charge on any atom is 0.250 e. The maximum atomic E-state index is 6.50. The number of rotatable bonds is 3. The fraction of sp³-hybridized carbons (Fsp3) is 0.333. The van der Waals surface area contributed by atoms with E-state index < -0.39 is 8.32 Å². The van der Waals surface area contributed by atoms with Crippen molar-refractivity contribution in [2.75, 3.05) is 5.73 Å². The van der Waals surface area contributed by atoms with Gasteiger partial charge in [0.2, 0.25) is 0 Å². The Morgan fingerprint density at radius 3 is 2.10 bits per heavy atom. The molecule has 0 aliphatic rings. The molecule has 0 heterocycles. The first-order chi connectivity index (χ1) is 9.72. The zero-order valence-electron chi connectivity index (χ0n) is 13.6. The summed E-state index contributed by atoms with van der Waals surface area (Å²) in [5.74, 6) is 0.829. The van der Waals surface area contributed by atoms with Crippen molar-refractivity contribution < 1.29 is 4.43 Å². The Hall–Kier alpha value is -1.74. The van der Waals surface area contributed by atoms with Crippen LogP contribution >= 0.6 is 0 Å². The predicted molar refractivity (Wildman–Crippen MR) is 94.1 cm³/mol. The van der Waals surface area contributed by atoms with E-state index in [1.165, 1.54) is 0 Å². The van der Waals surface area contributed by atoms with Gasteiger partial charge in [0.1, 0.15) is 5.75 Å². The van der Waals surface area contributed by atoms with Gasteiger partial charge in [0.25, 0.3) is 8.32 Å². The molecule has 2 aromatic rings. The third-order valence-corrected chi connectivity index (χ3v) is 8.62. The average molecular weight is 299 g/mol. The highest BCUT2D eigenvalue weighted by atomic mass is 28.4. The Bertz CT molecular complexity index is 615. The number of hydrogen-bond acceptors (Lipinski definition) is 2. The second-order valence-electron chi connectivity index (χ2n) is 6.95. The Morgan fingerprint density at radius 1 is 0.905 bits per heavy atom. The zero-order valence-corrected chi connectivity index (χ0v) is 14.6. The van der Waals surface area contributed by atoms with Crippen molar-refractivity contribution in [3.05, 3.63) is 48.5 Å². The van der Waals surface area contributed by atoms with E-state index >= 15 is 0 Å². The van der Waals surface area contributed by atoms with E-state index in [4.69, 9.17) is 10.2 Å². The molecule has 2 nitrogen and oxygen atoms in total. The van der Waals surface area contributed by atoms with Crippen LogP contribution in [-0.4, -0.2) is 8.32 Å². The van der Waals surface area contributed by atoms with Crippen LogP contribution in [0.15, 0.2) is 48.5 Å². The minimum absolute atomic E-state index is 0.142. The van der Waals surface area contributed by atoms with Crippen LogP contribution in [0.3, 0.4) is 0 Å². The topological polar surface area (TPSA) is 35.2 Å². The first-order valence-corrected chi connectivity index (χ1v) is 10.3. The summed E-state index contributed by atoms with van der Waals surface area (Å²) in [6.45, 7) is 11.2. The molecule has 2 N–H and O–H groups in total. The largest absolute Gasteiger partial charge is 0.542 e. The van der Waals surface area contributed by atoms with Crippen LogP contribution in [0.4, 0.5) is 5.69 Å². The van der Waals surface area contributed by atoms with Gasteiger partial charge < -0.3 is 10.2 Å². The zero-order chi connectivity index (χ0) is 15.7. The van der Waals surface area contributed by atoms with Gasteiger partial charge in [-0.05, 0) is 29.8 Å². The number of para-hydroxylation sites is 1. The Morgan fingerprint density at radius 2 is 1.52 bits per heavy atom. The van der Waals surface area contributed by atoms with E-state index in [0.717, 1.165) is 16.9 Å². The van der Waals surface area contributed by atoms with Gasteiger partial charge in [-0.3, -0.25) is 0 Å². The normalized spacial score (nSPS) is 12.2. The van der Waals surface area contributed by atoms with Gasteiger partial charge in [0.05, 0.1) is 5.69 Å². The van der Waals surface area contributed by atoms with E-state index in [-0.39, 0.29) is 5.04 Å². The second-order valence-corrected chi connectivity index (χ2v) is 11.7. The Labute approximate surface area is 129 Å². The molecule has 0 amide bonds. The van der Waals surface area contributed by atoms with Gasteiger partial charge in [-0.1, -0.05) is 63.2 Å². The summed E-state index contributed by atoms with van der Waals surface area (Å²) in [6.07, 6.45) is 0. The molecule has 0 aliphatic heterocycles. The lowest BCUT2D eigenvalue weighted by atomic mass is 10.0. The molecule has 0 fully saturated rings. The van der Waals surface area contributed by atoms with E-state index in [2.05, 4.69) is 52.1 Å². The molecule has 21 heavy (non-hydrogen) atoms. The molecule has 0 saturated carbocycles.